The van der Waals surface area contributed by atoms with Gasteiger partial charge in [0.15, 0.2) is 0 Å². The van der Waals surface area contributed by atoms with Crippen LogP contribution in [0.4, 0.5) is 0 Å². The standard InChI is InChI=1S/C18H21N3O2/c1-12-16(13(2)20(3)19-12)17(22)18(23)21(15-9-10-15)11-14-7-5-4-6-8-14/h4-8,15H,9-11H2,1-3H3. The van der Waals surface area contributed by atoms with Crippen LogP contribution in [-0.4, -0.2) is 32.4 Å². The maximum Gasteiger partial charge on any atom is 0.295 e. The van der Waals surface area contributed by atoms with Crippen molar-refractivity contribution in [3.63, 3.8) is 0 Å². The first-order chi connectivity index (χ1) is 11.0. The normalized spacial score (nSPS) is 13.9. The van der Waals surface area contributed by atoms with Gasteiger partial charge in [0.2, 0.25) is 0 Å². The highest BCUT2D eigenvalue weighted by atomic mass is 16.2. The molecule has 3 rings (SSSR count). The van der Waals surface area contributed by atoms with Crippen molar-refractivity contribution >= 4 is 11.7 Å². The Morgan fingerprint density at radius 1 is 1.22 bits per heavy atom. The average Bonchev–Trinajstić information content (AvgIpc) is 3.33. The molecule has 0 bridgehead atoms. The van der Waals surface area contributed by atoms with Crippen LogP contribution in [0, 0.1) is 13.8 Å². The lowest BCUT2D eigenvalue weighted by molar-refractivity contribution is -0.127. The van der Waals surface area contributed by atoms with E-state index < -0.39 is 11.7 Å². The Hall–Kier alpha value is -2.43. The van der Waals surface area contributed by atoms with E-state index in [1.807, 2.05) is 37.3 Å². The van der Waals surface area contributed by atoms with Crippen LogP contribution in [0.3, 0.4) is 0 Å². The fraction of sp³-hybridized carbons (Fsp3) is 0.389. The molecule has 0 unspecified atom stereocenters. The molecule has 1 aliphatic carbocycles. The van der Waals surface area contributed by atoms with E-state index in [0.29, 0.717) is 17.8 Å². The first-order valence-corrected chi connectivity index (χ1v) is 7.88. The zero-order valence-corrected chi connectivity index (χ0v) is 13.7. The third kappa shape index (κ3) is 3.04. The maximum atomic E-state index is 12.8. The van der Waals surface area contributed by atoms with Gasteiger partial charge in [-0.1, -0.05) is 30.3 Å². The van der Waals surface area contributed by atoms with Crippen molar-refractivity contribution < 1.29 is 9.59 Å². The van der Waals surface area contributed by atoms with Gasteiger partial charge in [-0.15, -0.1) is 0 Å². The second kappa shape index (κ2) is 5.99. The number of amides is 1. The predicted octanol–water partition coefficient (Wildman–Crippen LogP) is 2.41. The van der Waals surface area contributed by atoms with Gasteiger partial charge in [0.05, 0.1) is 11.3 Å². The highest BCUT2D eigenvalue weighted by molar-refractivity contribution is 6.43. The highest BCUT2D eigenvalue weighted by Gasteiger charge is 2.37. The number of nitrogens with zero attached hydrogens (tertiary/aromatic N) is 3. The van der Waals surface area contributed by atoms with Crippen LogP contribution in [0.5, 0.6) is 0 Å². The molecule has 120 valence electrons. The number of carbonyl (C=O) groups is 2. The third-order valence-corrected chi connectivity index (χ3v) is 4.37. The molecule has 23 heavy (non-hydrogen) atoms. The molecule has 5 nitrogen and oxygen atoms in total. The fourth-order valence-electron chi connectivity index (χ4n) is 2.87. The number of hydrogen-bond acceptors (Lipinski definition) is 3. The molecular formula is C18H21N3O2. The molecule has 1 aromatic carbocycles. The van der Waals surface area contributed by atoms with Crippen molar-refractivity contribution in [3.8, 4) is 0 Å². The van der Waals surface area contributed by atoms with Gasteiger partial charge in [0, 0.05) is 25.3 Å². The maximum absolute atomic E-state index is 12.8. The molecule has 0 radical (unpaired) electrons. The van der Waals surface area contributed by atoms with Gasteiger partial charge >= 0.3 is 0 Å². The summed E-state index contributed by atoms with van der Waals surface area (Å²) in [5, 5.41) is 4.24. The van der Waals surface area contributed by atoms with Gasteiger partial charge in [-0.2, -0.15) is 5.10 Å². The van der Waals surface area contributed by atoms with Crippen LogP contribution >= 0.6 is 0 Å². The van der Waals surface area contributed by atoms with E-state index in [1.54, 1.807) is 23.6 Å². The lowest BCUT2D eigenvalue weighted by Crippen LogP contribution is -2.38. The molecule has 5 heteroatoms. The Morgan fingerprint density at radius 3 is 2.39 bits per heavy atom. The second-order valence-corrected chi connectivity index (χ2v) is 6.15. The van der Waals surface area contributed by atoms with Crippen LogP contribution in [0.2, 0.25) is 0 Å². The summed E-state index contributed by atoms with van der Waals surface area (Å²) in [6, 6.07) is 9.98. The molecule has 1 amide bonds. The number of ketones is 1. The van der Waals surface area contributed by atoms with Crippen LogP contribution in [0.1, 0.15) is 40.2 Å². The van der Waals surface area contributed by atoms with Crippen molar-refractivity contribution in [2.45, 2.75) is 39.3 Å². The molecule has 0 spiro atoms. The van der Waals surface area contributed by atoms with E-state index in [9.17, 15) is 9.59 Å². The monoisotopic (exact) mass is 311 g/mol. The predicted molar refractivity (Wildman–Crippen MR) is 87.0 cm³/mol. The number of carbonyl (C=O) groups excluding carboxylic acids is 2. The van der Waals surface area contributed by atoms with E-state index in [2.05, 4.69) is 5.10 Å². The quantitative estimate of drug-likeness (QED) is 0.629. The number of benzene rings is 1. The molecule has 0 atom stereocenters. The molecule has 1 saturated carbocycles. The van der Waals surface area contributed by atoms with Gasteiger partial charge in [-0.05, 0) is 32.3 Å². The minimum atomic E-state index is -0.448. The van der Waals surface area contributed by atoms with E-state index in [0.717, 1.165) is 24.1 Å². The molecule has 0 saturated heterocycles. The summed E-state index contributed by atoms with van der Waals surface area (Å²) in [6.45, 7) is 4.07. The smallest absolute Gasteiger partial charge is 0.295 e. The van der Waals surface area contributed by atoms with Gasteiger partial charge in [-0.3, -0.25) is 14.3 Å². The average molecular weight is 311 g/mol. The lowest BCUT2D eigenvalue weighted by Gasteiger charge is -2.21. The summed E-state index contributed by atoms with van der Waals surface area (Å²) in [6.07, 6.45) is 1.94. The summed E-state index contributed by atoms with van der Waals surface area (Å²) in [5.41, 5.74) is 2.83. The molecule has 2 aromatic rings. The Bertz CT molecular complexity index is 745. The number of rotatable bonds is 5. The minimum Gasteiger partial charge on any atom is -0.328 e. The summed E-state index contributed by atoms with van der Waals surface area (Å²) in [5.74, 6) is -0.869. The Labute approximate surface area is 135 Å². The molecule has 1 aliphatic rings. The lowest BCUT2D eigenvalue weighted by atomic mass is 10.1. The topological polar surface area (TPSA) is 55.2 Å². The summed E-state index contributed by atoms with van der Waals surface area (Å²) >= 11 is 0. The minimum absolute atomic E-state index is 0.184. The highest BCUT2D eigenvalue weighted by Crippen LogP contribution is 2.29. The van der Waals surface area contributed by atoms with Gasteiger partial charge in [-0.25, -0.2) is 0 Å². The number of aryl methyl sites for hydroxylation is 2. The second-order valence-electron chi connectivity index (χ2n) is 6.15. The van der Waals surface area contributed by atoms with E-state index in [1.165, 1.54) is 0 Å². The fourth-order valence-corrected chi connectivity index (χ4v) is 2.87. The van der Waals surface area contributed by atoms with Gasteiger partial charge in [0.25, 0.3) is 11.7 Å². The van der Waals surface area contributed by atoms with Crippen LogP contribution in [-0.2, 0) is 18.4 Å². The third-order valence-electron chi connectivity index (χ3n) is 4.37. The first kappa shape index (κ1) is 15.5. The summed E-state index contributed by atoms with van der Waals surface area (Å²) in [7, 11) is 1.78. The summed E-state index contributed by atoms with van der Waals surface area (Å²) < 4.78 is 1.65. The van der Waals surface area contributed by atoms with Crippen molar-refractivity contribution in [1.29, 1.82) is 0 Å². The molecule has 1 heterocycles. The van der Waals surface area contributed by atoms with Gasteiger partial charge < -0.3 is 4.90 Å². The Kier molecular flexibility index (Phi) is 4.03. The zero-order valence-electron chi connectivity index (χ0n) is 13.7. The van der Waals surface area contributed by atoms with E-state index in [4.69, 9.17) is 0 Å². The number of aromatic nitrogens is 2. The van der Waals surface area contributed by atoms with Crippen molar-refractivity contribution in [3.05, 3.63) is 52.8 Å². The Morgan fingerprint density at radius 2 is 1.87 bits per heavy atom. The number of Topliss-reactive ketones (excluding diaryl/α,β-unsaturated/α-hetero) is 1. The SMILES string of the molecule is Cc1nn(C)c(C)c1C(=O)C(=O)N(Cc1ccccc1)C1CC1. The van der Waals surface area contributed by atoms with Crippen LogP contribution < -0.4 is 0 Å². The van der Waals surface area contributed by atoms with E-state index in [-0.39, 0.29) is 6.04 Å². The zero-order chi connectivity index (χ0) is 16.6. The van der Waals surface area contributed by atoms with E-state index >= 15 is 0 Å². The molecule has 1 fully saturated rings. The molecule has 0 N–H and O–H groups in total. The van der Waals surface area contributed by atoms with Crippen molar-refractivity contribution in [2.24, 2.45) is 7.05 Å². The largest absolute Gasteiger partial charge is 0.328 e. The van der Waals surface area contributed by atoms with Gasteiger partial charge in [0.1, 0.15) is 0 Å². The molecular weight excluding hydrogens is 290 g/mol. The van der Waals surface area contributed by atoms with Crippen molar-refractivity contribution in [2.75, 3.05) is 0 Å². The molecule has 0 aliphatic heterocycles. The Balaban J connectivity index is 1.85. The van der Waals surface area contributed by atoms with Crippen LogP contribution in [0.15, 0.2) is 30.3 Å². The van der Waals surface area contributed by atoms with Crippen LogP contribution in [0.25, 0.3) is 0 Å². The van der Waals surface area contributed by atoms with Crippen molar-refractivity contribution in [1.82, 2.24) is 14.7 Å². The molecule has 1 aromatic heterocycles. The summed E-state index contributed by atoms with van der Waals surface area (Å²) in [4.78, 5) is 27.2. The number of hydrogen-bond donors (Lipinski definition) is 0. The first-order valence-electron chi connectivity index (χ1n) is 7.88.